The molecular formula is C13H17O2Si. The van der Waals surface area contributed by atoms with Gasteiger partial charge >= 0.3 is 5.97 Å². The second-order valence-electron chi connectivity index (χ2n) is 4.01. The second-order valence-corrected chi connectivity index (χ2v) is 6.55. The van der Waals surface area contributed by atoms with E-state index in [-0.39, 0.29) is 5.97 Å². The summed E-state index contributed by atoms with van der Waals surface area (Å²) in [6.45, 7) is 10.0. The van der Waals surface area contributed by atoms with E-state index in [4.69, 9.17) is 4.74 Å². The van der Waals surface area contributed by atoms with E-state index in [9.17, 15) is 4.79 Å². The third kappa shape index (κ3) is 3.34. The molecule has 0 atom stereocenters. The van der Waals surface area contributed by atoms with Crippen molar-refractivity contribution in [3.05, 3.63) is 42.0 Å². The zero-order valence-corrected chi connectivity index (χ0v) is 11.0. The van der Waals surface area contributed by atoms with Crippen molar-refractivity contribution < 1.29 is 9.53 Å². The van der Waals surface area contributed by atoms with E-state index in [1.165, 1.54) is 5.19 Å². The van der Waals surface area contributed by atoms with Crippen molar-refractivity contribution in [3.8, 4) is 0 Å². The monoisotopic (exact) mass is 233 g/mol. The minimum atomic E-state index is -0.523. The number of benzene rings is 1. The molecule has 1 aromatic carbocycles. The Hall–Kier alpha value is -1.35. The van der Waals surface area contributed by atoms with E-state index < -0.39 is 8.80 Å². The SMILES string of the molecule is C=C(C)C(=O)OCc1ccccc1[Si](C)C. The van der Waals surface area contributed by atoms with Crippen LogP contribution in [0.5, 0.6) is 0 Å². The summed E-state index contributed by atoms with van der Waals surface area (Å²) in [5.74, 6) is -0.323. The van der Waals surface area contributed by atoms with Crippen molar-refractivity contribution in [2.45, 2.75) is 26.6 Å². The Morgan fingerprint density at radius 2 is 2.00 bits per heavy atom. The Bertz CT molecular complexity index is 397. The summed E-state index contributed by atoms with van der Waals surface area (Å²) in [7, 11) is -0.523. The van der Waals surface area contributed by atoms with Gasteiger partial charge in [-0.2, -0.15) is 0 Å². The van der Waals surface area contributed by atoms with E-state index in [0.29, 0.717) is 12.2 Å². The highest BCUT2D eigenvalue weighted by molar-refractivity contribution is 6.71. The Kier molecular flexibility index (Phi) is 4.49. The fourth-order valence-corrected chi connectivity index (χ4v) is 2.63. The van der Waals surface area contributed by atoms with Crippen LogP contribution in [-0.2, 0) is 16.1 Å². The van der Waals surface area contributed by atoms with Crippen molar-refractivity contribution in [2.75, 3.05) is 0 Å². The van der Waals surface area contributed by atoms with Gasteiger partial charge in [-0.05, 0) is 12.5 Å². The van der Waals surface area contributed by atoms with Gasteiger partial charge in [-0.15, -0.1) is 0 Å². The zero-order chi connectivity index (χ0) is 12.1. The first-order valence-electron chi connectivity index (χ1n) is 5.23. The normalized spacial score (nSPS) is 10.2. The van der Waals surface area contributed by atoms with Crippen LogP contribution in [0.1, 0.15) is 12.5 Å². The van der Waals surface area contributed by atoms with E-state index in [0.717, 1.165) is 5.56 Å². The molecule has 1 rings (SSSR count). The van der Waals surface area contributed by atoms with E-state index >= 15 is 0 Å². The van der Waals surface area contributed by atoms with Crippen LogP contribution in [0.15, 0.2) is 36.4 Å². The molecule has 0 heterocycles. The van der Waals surface area contributed by atoms with Gasteiger partial charge in [-0.1, -0.05) is 49.1 Å². The summed E-state index contributed by atoms with van der Waals surface area (Å²) in [6, 6.07) is 8.12. The molecule has 0 aliphatic heterocycles. The maximum Gasteiger partial charge on any atom is 0.333 e. The quantitative estimate of drug-likeness (QED) is 0.453. The molecule has 1 radical (unpaired) electrons. The molecule has 0 saturated heterocycles. The smallest absolute Gasteiger partial charge is 0.333 e. The Morgan fingerprint density at radius 3 is 2.56 bits per heavy atom. The molecule has 3 heteroatoms. The van der Waals surface area contributed by atoms with Crippen molar-refractivity contribution in [1.82, 2.24) is 0 Å². The Morgan fingerprint density at radius 1 is 1.38 bits per heavy atom. The van der Waals surface area contributed by atoms with E-state index in [1.54, 1.807) is 6.92 Å². The summed E-state index contributed by atoms with van der Waals surface area (Å²) >= 11 is 0. The number of carbonyl (C=O) groups excluding carboxylic acids is 1. The largest absolute Gasteiger partial charge is 0.457 e. The molecule has 0 bridgehead atoms. The molecular weight excluding hydrogens is 216 g/mol. The average Bonchev–Trinajstić information content (AvgIpc) is 2.25. The summed E-state index contributed by atoms with van der Waals surface area (Å²) < 4.78 is 5.16. The topological polar surface area (TPSA) is 26.3 Å². The number of hydrogen-bond donors (Lipinski definition) is 0. The number of hydrogen-bond acceptors (Lipinski definition) is 2. The maximum absolute atomic E-state index is 11.3. The van der Waals surface area contributed by atoms with Crippen molar-refractivity contribution in [2.24, 2.45) is 0 Å². The van der Waals surface area contributed by atoms with Crippen LogP contribution in [0.4, 0.5) is 0 Å². The van der Waals surface area contributed by atoms with Crippen LogP contribution in [0.2, 0.25) is 13.1 Å². The first kappa shape index (κ1) is 12.7. The van der Waals surface area contributed by atoms with Crippen LogP contribution >= 0.6 is 0 Å². The van der Waals surface area contributed by atoms with Crippen LogP contribution in [-0.4, -0.2) is 14.8 Å². The fourth-order valence-electron chi connectivity index (χ4n) is 1.40. The minimum absolute atomic E-state index is 0.323. The van der Waals surface area contributed by atoms with Gasteiger partial charge in [0.1, 0.15) is 6.61 Å². The minimum Gasteiger partial charge on any atom is -0.457 e. The molecule has 16 heavy (non-hydrogen) atoms. The van der Waals surface area contributed by atoms with Gasteiger partial charge in [0.25, 0.3) is 0 Å². The van der Waals surface area contributed by atoms with Gasteiger partial charge in [0, 0.05) is 5.57 Å². The first-order chi connectivity index (χ1) is 7.52. The van der Waals surface area contributed by atoms with Crippen LogP contribution in [0.25, 0.3) is 0 Å². The third-order valence-corrected chi connectivity index (χ3v) is 3.83. The van der Waals surface area contributed by atoms with Crippen molar-refractivity contribution in [1.29, 1.82) is 0 Å². The summed E-state index contributed by atoms with van der Waals surface area (Å²) in [5, 5.41) is 1.32. The molecule has 1 aromatic rings. The molecule has 2 nitrogen and oxygen atoms in total. The molecule has 0 saturated carbocycles. The fraction of sp³-hybridized carbons (Fsp3) is 0.308. The lowest BCUT2D eigenvalue weighted by molar-refractivity contribution is -0.140. The molecule has 0 aromatic heterocycles. The van der Waals surface area contributed by atoms with Gasteiger partial charge in [0.15, 0.2) is 0 Å². The zero-order valence-electron chi connectivity index (χ0n) is 10.0. The van der Waals surface area contributed by atoms with Gasteiger partial charge in [0.05, 0.1) is 8.80 Å². The van der Waals surface area contributed by atoms with Crippen LogP contribution in [0.3, 0.4) is 0 Å². The molecule has 0 unspecified atom stereocenters. The van der Waals surface area contributed by atoms with Gasteiger partial charge < -0.3 is 4.74 Å². The Labute approximate surface area is 98.5 Å². The third-order valence-electron chi connectivity index (χ3n) is 2.26. The first-order valence-corrected chi connectivity index (χ1v) is 7.73. The van der Waals surface area contributed by atoms with E-state index in [2.05, 4.69) is 25.7 Å². The highest BCUT2D eigenvalue weighted by Crippen LogP contribution is 2.03. The maximum atomic E-state index is 11.3. The predicted octanol–water partition coefficient (Wildman–Crippen LogP) is 2.27. The molecule has 0 spiro atoms. The second kappa shape index (κ2) is 5.65. The number of esters is 1. The van der Waals surface area contributed by atoms with Gasteiger partial charge in [0.2, 0.25) is 0 Å². The van der Waals surface area contributed by atoms with Gasteiger partial charge in [-0.3, -0.25) is 0 Å². The average molecular weight is 233 g/mol. The lowest BCUT2D eigenvalue weighted by Gasteiger charge is -2.11. The summed E-state index contributed by atoms with van der Waals surface area (Å²) in [5.41, 5.74) is 1.55. The van der Waals surface area contributed by atoms with Crippen LogP contribution in [0, 0.1) is 0 Å². The molecule has 0 amide bonds. The lowest BCUT2D eigenvalue weighted by atomic mass is 10.2. The molecule has 0 fully saturated rings. The summed E-state index contributed by atoms with van der Waals surface area (Å²) in [6.07, 6.45) is 0. The van der Waals surface area contributed by atoms with Crippen LogP contribution < -0.4 is 5.19 Å². The number of rotatable bonds is 4. The molecule has 85 valence electrons. The number of ether oxygens (including phenoxy) is 1. The predicted molar refractivity (Wildman–Crippen MR) is 68.2 cm³/mol. The van der Waals surface area contributed by atoms with Gasteiger partial charge in [-0.25, -0.2) is 4.79 Å². The highest BCUT2D eigenvalue weighted by Gasteiger charge is 2.09. The highest BCUT2D eigenvalue weighted by atomic mass is 28.3. The molecule has 0 aliphatic rings. The Balaban J connectivity index is 2.74. The molecule has 0 N–H and O–H groups in total. The van der Waals surface area contributed by atoms with E-state index in [1.807, 2.05) is 18.2 Å². The molecule has 0 aliphatic carbocycles. The lowest BCUT2D eigenvalue weighted by Crippen LogP contribution is -2.27. The standard InChI is InChI=1S/C13H17O2Si/c1-10(2)13(14)15-9-11-7-5-6-8-12(11)16(3)4/h5-8H,1,9H2,2-4H3. The van der Waals surface area contributed by atoms with Crippen molar-refractivity contribution in [3.63, 3.8) is 0 Å². The summed E-state index contributed by atoms with van der Waals surface area (Å²) in [4.78, 5) is 11.3. The number of carbonyl (C=O) groups is 1. The van der Waals surface area contributed by atoms with Crippen molar-refractivity contribution >= 4 is 20.0 Å².